The van der Waals surface area contributed by atoms with Gasteiger partial charge in [0.1, 0.15) is 0 Å². The van der Waals surface area contributed by atoms with E-state index >= 15 is 0 Å². The zero-order valence-electron chi connectivity index (χ0n) is 17.0. The van der Waals surface area contributed by atoms with Gasteiger partial charge in [0.05, 0.1) is 17.4 Å². The standard InChI is InChI=1S/C23H27N5O/c1-17-14-18(2)28(26-17)21-10-8-20(9-11-21)25-23(29)22-7-3-4-13-27(22)16-19-6-5-12-24-15-19/h5-6,8-12,14-15,22H,3-4,7,13,16H2,1-2H3,(H,25,29)/t22-/m0/s1. The van der Waals surface area contributed by atoms with E-state index in [9.17, 15) is 4.79 Å². The summed E-state index contributed by atoms with van der Waals surface area (Å²) in [5.74, 6) is 0.0625. The summed E-state index contributed by atoms with van der Waals surface area (Å²) in [4.78, 5) is 19.5. The predicted molar refractivity (Wildman–Crippen MR) is 114 cm³/mol. The first-order chi connectivity index (χ1) is 14.1. The minimum Gasteiger partial charge on any atom is -0.325 e. The van der Waals surface area contributed by atoms with Gasteiger partial charge >= 0.3 is 0 Å². The van der Waals surface area contributed by atoms with E-state index in [1.165, 1.54) is 0 Å². The lowest BCUT2D eigenvalue weighted by molar-refractivity contribution is -0.122. The zero-order chi connectivity index (χ0) is 20.2. The Morgan fingerprint density at radius 3 is 2.69 bits per heavy atom. The summed E-state index contributed by atoms with van der Waals surface area (Å²) in [6.07, 6.45) is 6.75. The van der Waals surface area contributed by atoms with E-state index in [1.807, 2.05) is 55.1 Å². The summed E-state index contributed by atoms with van der Waals surface area (Å²) in [7, 11) is 0. The number of amides is 1. The molecule has 0 radical (unpaired) electrons. The van der Waals surface area contributed by atoms with Crippen molar-refractivity contribution in [1.82, 2.24) is 19.7 Å². The SMILES string of the molecule is Cc1cc(C)n(-c2ccc(NC(=O)[C@@H]3CCCCN3Cc3cccnc3)cc2)n1. The van der Waals surface area contributed by atoms with E-state index in [-0.39, 0.29) is 11.9 Å². The summed E-state index contributed by atoms with van der Waals surface area (Å²) in [5.41, 5.74) is 5.02. The van der Waals surface area contributed by atoms with Crippen molar-refractivity contribution in [3.05, 3.63) is 71.8 Å². The van der Waals surface area contributed by atoms with Gasteiger partial charge in [-0.05, 0) is 75.2 Å². The van der Waals surface area contributed by atoms with Gasteiger partial charge in [0.25, 0.3) is 0 Å². The van der Waals surface area contributed by atoms with Crippen molar-refractivity contribution in [2.24, 2.45) is 0 Å². The molecule has 2 aromatic heterocycles. The van der Waals surface area contributed by atoms with Crippen LogP contribution >= 0.6 is 0 Å². The predicted octanol–water partition coefficient (Wildman–Crippen LogP) is 3.88. The van der Waals surface area contributed by atoms with E-state index in [4.69, 9.17) is 0 Å². The van der Waals surface area contributed by atoms with Gasteiger partial charge in [-0.25, -0.2) is 4.68 Å². The number of nitrogens with zero attached hydrogens (tertiary/aromatic N) is 4. The van der Waals surface area contributed by atoms with E-state index in [0.29, 0.717) is 0 Å². The lowest BCUT2D eigenvalue weighted by atomic mass is 10.0. The number of carbonyl (C=O) groups excluding carboxylic acids is 1. The van der Waals surface area contributed by atoms with Crippen LogP contribution in [0.15, 0.2) is 54.9 Å². The fourth-order valence-corrected chi connectivity index (χ4v) is 4.01. The highest BCUT2D eigenvalue weighted by molar-refractivity contribution is 5.95. The Morgan fingerprint density at radius 1 is 1.17 bits per heavy atom. The first-order valence-electron chi connectivity index (χ1n) is 10.2. The fourth-order valence-electron chi connectivity index (χ4n) is 4.01. The van der Waals surface area contributed by atoms with Crippen LogP contribution in [0.1, 0.15) is 36.2 Å². The number of benzene rings is 1. The number of nitrogens with one attached hydrogen (secondary N) is 1. The number of piperidine rings is 1. The number of likely N-dealkylation sites (tertiary alicyclic amines) is 1. The highest BCUT2D eigenvalue weighted by Gasteiger charge is 2.28. The van der Waals surface area contributed by atoms with Crippen molar-refractivity contribution in [3.8, 4) is 5.69 Å². The number of aromatic nitrogens is 3. The molecule has 0 saturated carbocycles. The number of hydrogen-bond acceptors (Lipinski definition) is 4. The Labute approximate surface area is 171 Å². The number of anilines is 1. The smallest absolute Gasteiger partial charge is 0.241 e. The molecule has 1 atom stereocenters. The fraction of sp³-hybridized carbons (Fsp3) is 0.348. The lowest BCUT2D eigenvalue weighted by Crippen LogP contribution is -2.46. The van der Waals surface area contributed by atoms with Crippen LogP contribution in [0, 0.1) is 13.8 Å². The molecule has 3 aromatic rings. The Morgan fingerprint density at radius 2 is 2.00 bits per heavy atom. The molecule has 4 rings (SSSR count). The summed E-state index contributed by atoms with van der Waals surface area (Å²) < 4.78 is 1.91. The molecular weight excluding hydrogens is 362 g/mol. The van der Waals surface area contributed by atoms with Crippen LogP contribution in [-0.2, 0) is 11.3 Å². The maximum atomic E-state index is 13.0. The van der Waals surface area contributed by atoms with E-state index in [0.717, 1.165) is 60.7 Å². The average molecular weight is 390 g/mol. The molecule has 0 spiro atoms. The van der Waals surface area contributed by atoms with Crippen LogP contribution < -0.4 is 5.32 Å². The molecule has 1 aromatic carbocycles. The average Bonchev–Trinajstić information content (AvgIpc) is 3.08. The molecule has 1 saturated heterocycles. The second-order valence-electron chi connectivity index (χ2n) is 7.72. The molecule has 1 N–H and O–H groups in total. The molecular formula is C23H27N5O. The molecule has 150 valence electrons. The minimum atomic E-state index is -0.111. The maximum absolute atomic E-state index is 13.0. The van der Waals surface area contributed by atoms with Crippen molar-refractivity contribution in [2.75, 3.05) is 11.9 Å². The van der Waals surface area contributed by atoms with Gasteiger partial charge in [-0.2, -0.15) is 5.10 Å². The second kappa shape index (κ2) is 8.57. The molecule has 1 aliphatic heterocycles. The van der Waals surface area contributed by atoms with Gasteiger partial charge in [-0.1, -0.05) is 12.5 Å². The Kier molecular flexibility index (Phi) is 5.71. The van der Waals surface area contributed by atoms with Crippen molar-refractivity contribution in [1.29, 1.82) is 0 Å². The first-order valence-corrected chi connectivity index (χ1v) is 10.2. The Bertz CT molecular complexity index is 965. The lowest BCUT2D eigenvalue weighted by Gasteiger charge is -2.34. The van der Waals surface area contributed by atoms with Gasteiger partial charge in [0.2, 0.25) is 5.91 Å². The molecule has 6 heteroatoms. The molecule has 29 heavy (non-hydrogen) atoms. The van der Waals surface area contributed by atoms with Gasteiger partial charge in [0.15, 0.2) is 0 Å². The molecule has 3 heterocycles. The summed E-state index contributed by atoms with van der Waals surface area (Å²) in [5, 5.41) is 7.61. The third-order valence-electron chi connectivity index (χ3n) is 5.41. The monoisotopic (exact) mass is 389 g/mol. The maximum Gasteiger partial charge on any atom is 0.241 e. The van der Waals surface area contributed by atoms with Crippen LogP contribution in [-0.4, -0.2) is 38.2 Å². The normalized spacial score (nSPS) is 17.2. The Hall–Kier alpha value is -2.99. The van der Waals surface area contributed by atoms with Crippen LogP contribution in [0.5, 0.6) is 0 Å². The van der Waals surface area contributed by atoms with E-state index in [2.05, 4.69) is 32.4 Å². The second-order valence-corrected chi connectivity index (χ2v) is 7.72. The van der Waals surface area contributed by atoms with Gasteiger partial charge in [0, 0.05) is 30.3 Å². The minimum absolute atomic E-state index is 0.0625. The van der Waals surface area contributed by atoms with Crippen LogP contribution in [0.25, 0.3) is 5.69 Å². The van der Waals surface area contributed by atoms with Crippen LogP contribution in [0.2, 0.25) is 0 Å². The first kappa shape index (κ1) is 19.3. The quantitative estimate of drug-likeness (QED) is 0.719. The number of carbonyl (C=O) groups is 1. The third-order valence-corrected chi connectivity index (χ3v) is 5.41. The van der Waals surface area contributed by atoms with E-state index in [1.54, 1.807) is 6.20 Å². The van der Waals surface area contributed by atoms with Crippen LogP contribution in [0.4, 0.5) is 5.69 Å². The van der Waals surface area contributed by atoms with Crippen molar-refractivity contribution in [2.45, 2.75) is 45.7 Å². The van der Waals surface area contributed by atoms with Crippen molar-refractivity contribution >= 4 is 11.6 Å². The van der Waals surface area contributed by atoms with Gasteiger partial charge < -0.3 is 5.32 Å². The van der Waals surface area contributed by atoms with E-state index < -0.39 is 0 Å². The molecule has 1 fully saturated rings. The third kappa shape index (κ3) is 4.54. The highest BCUT2D eigenvalue weighted by Crippen LogP contribution is 2.22. The number of pyridine rings is 1. The summed E-state index contributed by atoms with van der Waals surface area (Å²) in [6.45, 7) is 5.71. The summed E-state index contributed by atoms with van der Waals surface area (Å²) >= 11 is 0. The van der Waals surface area contributed by atoms with Crippen molar-refractivity contribution in [3.63, 3.8) is 0 Å². The van der Waals surface area contributed by atoms with Gasteiger partial charge in [-0.15, -0.1) is 0 Å². The highest BCUT2D eigenvalue weighted by atomic mass is 16.2. The molecule has 0 unspecified atom stereocenters. The number of rotatable bonds is 5. The zero-order valence-corrected chi connectivity index (χ0v) is 17.0. The Balaban J connectivity index is 1.44. The molecule has 0 bridgehead atoms. The van der Waals surface area contributed by atoms with Crippen molar-refractivity contribution < 1.29 is 4.79 Å². The van der Waals surface area contributed by atoms with Crippen LogP contribution in [0.3, 0.4) is 0 Å². The molecule has 1 amide bonds. The largest absolute Gasteiger partial charge is 0.325 e. The number of aryl methyl sites for hydroxylation is 2. The topological polar surface area (TPSA) is 63.1 Å². The number of hydrogen-bond donors (Lipinski definition) is 1. The molecule has 0 aliphatic carbocycles. The van der Waals surface area contributed by atoms with Gasteiger partial charge in [-0.3, -0.25) is 14.7 Å². The molecule has 6 nitrogen and oxygen atoms in total. The molecule has 1 aliphatic rings. The summed E-state index contributed by atoms with van der Waals surface area (Å²) in [6, 6.07) is 13.8.